The molecule has 1 aliphatic heterocycles. The van der Waals surface area contributed by atoms with Crippen LogP contribution in [0.1, 0.15) is 47.0 Å². The number of hydrogen-bond donors (Lipinski definition) is 0. The lowest BCUT2D eigenvalue weighted by Gasteiger charge is -2.25. The summed E-state index contributed by atoms with van der Waals surface area (Å²) in [5.41, 5.74) is 2.65. The average molecular weight is 505 g/mol. The van der Waals surface area contributed by atoms with Gasteiger partial charge in [0.05, 0.1) is 18.2 Å². The van der Waals surface area contributed by atoms with Crippen LogP contribution in [0.2, 0.25) is 0 Å². The van der Waals surface area contributed by atoms with Crippen LogP contribution in [0.3, 0.4) is 0 Å². The van der Waals surface area contributed by atoms with E-state index >= 15 is 0 Å². The molecule has 0 bridgehead atoms. The molecule has 3 amide bonds. The minimum Gasteiger partial charge on any atom is -0.497 e. The van der Waals surface area contributed by atoms with Gasteiger partial charge in [-0.3, -0.25) is 24.1 Å². The van der Waals surface area contributed by atoms with Crippen LogP contribution in [0.15, 0.2) is 103 Å². The quantitative estimate of drug-likeness (QED) is 0.253. The van der Waals surface area contributed by atoms with Crippen LogP contribution < -0.4 is 9.64 Å². The highest BCUT2D eigenvalue weighted by Crippen LogP contribution is 2.26. The molecule has 0 atom stereocenters. The molecule has 1 aliphatic rings. The minimum absolute atomic E-state index is 0.0138. The van der Waals surface area contributed by atoms with Crippen molar-refractivity contribution < 1.29 is 23.9 Å². The number of ketones is 1. The molecule has 0 radical (unpaired) electrons. The van der Waals surface area contributed by atoms with Gasteiger partial charge in [0.2, 0.25) is 0 Å². The van der Waals surface area contributed by atoms with Crippen LogP contribution in [0.25, 0.3) is 0 Å². The maximum Gasteiger partial charge on any atom is 0.261 e. The lowest BCUT2D eigenvalue weighted by molar-refractivity contribution is 0.0654. The van der Waals surface area contributed by atoms with Gasteiger partial charge in [-0.15, -0.1) is 0 Å². The summed E-state index contributed by atoms with van der Waals surface area (Å²) in [5.74, 6) is -0.682. The molecule has 0 unspecified atom stereocenters. The number of amides is 3. The second-order valence-electron chi connectivity index (χ2n) is 8.74. The van der Waals surface area contributed by atoms with Gasteiger partial charge >= 0.3 is 0 Å². The number of ether oxygens (including phenoxy) is 1. The van der Waals surface area contributed by atoms with Gasteiger partial charge in [-0.2, -0.15) is 0 Å². The van der Waals surface area contributed by atoms with Crippen molar-refractivity contribution in [2.24, 2.45) is 0 Å². The van der Waals surface area contributed by atoms with Crippen molar-refractivity contribution in [2.75, 3.05) is 25.1 Å². The first-order chi connectivity index (χ1) is 18.5. The van der Waals surface area contributed by atoms with E-state index in [4.69, 9.17) is 4.74 Å². The van der Waals surface area contributed by atoms with Gasteiger partial charge in [-0.05, 0) is 36.4 Å². The number of methoxy groups -OCH3 is 1. The Hall–Kier alpha value is -5.04. The van der Waals surface area contributed by atoms with Crippen LogP contribution >= 0.6 is 0 Å². The number of carbonyl (C=O) groups is 4. The highest BCUT2D eigenvalue weighted by atomic mass is 16.5. The topological polar surface area (TPSA) is 84.0 Å². The van der Waals surface area contributed by atoms with Crippen LogP contribution in [0.5, 0.6) is 5.75 Å². The predicted octanol–water partition coefficient (Wildman–Crippen LogP) is 4.87. The number of rotatable bonds is 8. The van der Waals surface area contributed by atoms with Gasteiger partial charge in [0.25, 0.3) is 17.7 Å². The Morgan fingerprint density at radius 1 is 0.711 bits per heavy atom. The van der Waals surface area contributed by atoms with Crippen molar-refractivity contribution >= 4 is 29.2 Å². The fraction of sp³-hybridized carbons (Fsp3) is 0.0968. The van der Waals surface area contributed by atoms with Gasteiger partial charge in [0, 0.05) is 41.5 Å². The molecule has 188 valence electrons. The molecule has 38 heavy (non-hydrogen) atoms. The molecule has 0 aromatic heterocycles. The summed E-state index contributed by atoms with van der Waals surface area (Å²) in [6.45, 7) is 0.0854. The summed E-state index contributed by atoms with van der Waals surface area (Å²) in [5, 5.41) is 0. The van der Waals surface area contributed by atoms with E-state index in [1.54, 1.807) is 97.1 Å². The number of benzene rings is 4. The summed E-state index contributed by atoms with van der Waals surface area (Å²) in [4.78, 5) is 54.9. The molecule has 0 saturated heterocycles. The van der Waals surface area contributed by atoms with Gasteiger partial charge in [-0.25, -0.2) is 0 Å². The molecule has 1 heterocycles. The molecule has 0 N–H and O–H groups in total. The standard InChI is InChI=1S/C31H24N2O5/c1-38-25-11-7-10-24(20-25)32(18-19-33-30(36)26-12-5-6-13-27(26)31(33)37)29(35)23-16-14-22(15-17-23)28(34)21-8-3-2-4-9-21/h2-17,20H,18-19H2,1H3. The Labute approximate surface area is 219 Å². The fourth-order valence-corrected chi connectivity index (χ4v) is 4.44. The Balaban J connectivity index is 1.40. The molecule has 0 fully saturated rings. The molecule has 7 nitrogen and oxygen atoms in total. The van der Waals surface area contributed by atoms with Crippen LogP contribution in [-0.2, 0) is 0 Å². The molecular formula is C31H24N2O5. The smallest absolute Gasteiger partial charge is 0.261 e. The van der Waals surface area contributed by atoms with Crippen LogP contribution in [0, 0.1) is 0 Å². The van der Waals surface area contributed by atoms with Crippen molar-refractivity contribution in [1.82, 2.24) is 4.90 Å². The average Bonchev–Trinajstić information content (AvgIpc) is 3.22. The maximum absolute atomic E-state index is 13.7. The number of anilines is 1. The molecule has 4 aromatic rings. The van der Waals surface area contributed by atoms with E-state index in [1.807, 2.05) is 6.07 Å². The number of carbonyl (C=O) groups excluding carboxylic acids is 4. The third-order valence-electron chi connectivity index (χ3n) is 6.47. The lowest BCUT2D eigenvalue weighted by atomic mass is 10.0. The van der Waals surface area contributed by atoms with E-state index in [2.05, 4.69) is 0 Å². The summed E-state index contributed by atoms with van der Waals surface area (Å²) >= 11 is 0. The predicted molar refractivity (Wildman–Crippen MR) is 143 cm³/mol. The highest BCUT2D eigenvalue weighted by Gasteiger charge is 2.35. The molecule has 0 aliphatic carbocycles. The Morgan fingerprint density at radius 3 is 1.92 bits per heavy atom. The zero-order valence-electron chi connectivity index (χ0n) is 20.7. The van der Waals surface area contributed by atoms with Crippen molar-refractivity contribution in [3.05, 3.63) is 131 Å². The second kappa shape index (κ2) is 10.5. The zero-order chi connectivity index (χ0) is 26.6. The number of imide groups is 1. The normalized spacial score (nSPS) is 12.3. The first kappa shape index (κ1) is 24.6. The summed E-state index contributed by atoms with van der Waals surface area (Å²) in [7, 11) is 1.53. The maximum atomic E-state index is 13.7. The largest absolute Gasteiger partial charge is 0.497 e. The fourth-order valence-electron chi connectivity index (χ4n) is 4.44. The first-order valence-corrected chi connectivity index (χ1v) is 12.1. The summed E-state index contributed by atoms with van der Waals surface area (Å²) in [6, 6.07) is 29.0. The number of hydrogen-bond acceptors (Lipinski definition) is 5. The molecule has 4 aromatic carbocycles. The van der Waals surface area contributed by atoms with Crippen molar-refractivity contribution in [3.8, 4) is 5.75 Å². The number of fused-ring (bicyclic) bond motifs is 1. The third kappa shape index (κ3) is 4.69. The van der Waals surface area contributed by atoms with Gasteiger partial charge in [-0.1, -0.05) is 60.7 Å². The highest BCUT2D eigenvalue weighted by molar-refractivity contribution is 6.21. The molecule has 5 rings (SSSR count). The first-order valence-electron chi connectivity index (χ1n) is 12.1. The number of nitrogens with zero attached hydrogens (tertiary/aromatic N) is 2. The zero-order valence-corrected chi connectivity index (χ0v) is 20.7. The Morgan fingerprint density at radius 2 is 1.29 bits per heavy atom. The van der Waals surface area contributed by atoms with Crippen LogP contribution in [0.4, 0.5) is 5.69 Å². The molecule has 0 spiro atoms. The summed E-state index contributed by atoms with van der Waals surface area (Å²) in [6.07, 6.45) is 0. The minimum atomic E-state index is -0.382. The van der Waals surface area contributed by atoms with E-state index in [0.29, 0.717) is 39.3 Å². The van der Waals surface area contributed by atoms with Gasteiger partial charge in [0.15, 0.2) is 5.78 Å². The van der Waals surface area contributed by atoms with Crippen molar-refractivity contribution in [3.63, 3.8) is 0 Å². The van der Waals surface area contributed by atoms with E-state index in [1.165, 1.54) is 12.0 Å². The molecule has 0 saturated carbocycles. The van der Waals surface area contributed by atoms with E-state index in [-0.39, 0.29) is 36.6 Å². The monoisotopic (exact) mass is 504 g/mol. The van der Waals surface area contributed by atoms with Gasteiger partial charge in [0.1, 0.15) is 5.75 Å². The summed E-state index contributed by atoms with van der Waals surface area (Å²) < 4.78 is 5.33. The lowest BCUT2D eigenvalue weighted by Crippen LogP contribution is -2.41. The van der Waals surface area contributed by atoms with Crippen LogP contribution in [-0.4, -0.2) is 48.6 Å². The molecule has 7 heteroatoms. The van der Waals surface area contributed by atoms with Crippen molar-refractivity contribution in [1.29, 1.82) is 0 Å². The van der Waals surface area contributed by atoms with E-state index in [0.717, 1.165) is 4.90 Å². The Bertz CT molecular complexity index is 1490. The third-order valence-corrected chi connectivity index (χ3v) is 6.47. The SMILES string of the molecule is COc1cccc(N(CCN2C(=O)c3ccccc3C2=O)C(=O)c2ccc(C(=O)c3ccccc3)cc2)c1. The molecular weight excluding hydrogens is 480 g/mol. The van der Waals surface area contributed by atoms with E-state index in [9.17, 15) is 19.2 Å². The van der Waals surface area contributed by atoms with Gasteiger partial charge < -0.3 is 9.64 Å². The second-order valence-corrected chi connectivity index (χ2v) is 8.74. The van der Waals surface area contributed by atoms with E-state index < -0.39 is 0 Å². The van der Waals surface area contributed by atoms with Crippen molar-refractivity contribution in [2.45, 2.75) is 0 Å². The Kier molecular flexibility index (Phi) is 6.82.